The summed E-state index contributed by atoms with van der Waals surface area (Å²) < 4.78 is 10.2. The molecule has 1 aromatic heterocycles. The number of benzene rings is 3. The molecule has 9 nitrogen and oxygen atoms in total. The monoisotopic (exact) mass is 482 g/mol. The lowest BCUT2D eigenvalue weighted by Gasteiger charge is -2.29. The lowest BCUT2D eigenvalue weighted by Crippen LogP contribution is -2.42. The number of ether oxygens (including phenoxy) is 2. The number of fused-ring (bicyclic) bond motifs is 1. The molecule has 36 heavy (non-hydrogen) atoms. The van der Waals surface area contributed by atoms with Gasteiger partial charge in [0.05, 0.1) is 11.0 Å². The van der Waals surface area contributed by atoms with Crippen molar-refractivity contribution in [2.24, 2.45) is 0 Å². The second kappa shape index (κ2) is 9.03. The van der Waals surface area contributed by atoms with E-state index in [9.17, 15) is 14.4 Å². The van der Waals surface area contributed by atoms with Crippen LogP contribution in [-0.2, 0) is 19.1 Å². The summed E-state index contributed by atoms with van der Waals surface area (Å²) in [7, 11) is 0. The molecule has 1 aliphatic rings. The number of H-pyrrole nitrogens is 1. The molecule has 1 saturated heterocycles. The van der Waals surface area contributed by atoms with E-state index in [1.165, 1.54) is 20.0 Å². The van der Waals surface area contributed by atoms with Crippen LogP contribution in [-0.4, -0.2) is 33.6 Å². The number of carbonyl (C=O) groups excluding carboxylic acids is 3. The summed E-state index contributed by atoms with van der Waals surface area (Å²) in [6.45, 7) is 2.98. The maximum Gasteiger partial charge on any atom is 0.350 e. The number of nitrogens with zero attached hydrogens (tertiary/aromatic N) is 1. The van der Waals surface area contributed by atoms with Crippen molar-refractivity contribution >= 4 is 40.3 Å². The van der Waals surface area contributed by atoms with E-state index in [0.717, 1.165) is 16.6 Å². The van der Waals surface area contributed by atoms with Crippen molar-refractivity contribution in [1.29, 1.82) is 0 Å². The van der Waals surface area contributed by atoms with Gasteiger partial charge in [-0.2, -0.15) is 0 Å². The molecule has 2 heterocycles. The van der Waals surface area contributed by atoms with E-state index in [1.807, 2.05) is 48.5 Å². The van der Waals surface area contributed by atoms with Crippen LogP contribution in [0.25, 0.3) is 22.4 Å². The second-order valence-electron chi connectivity index (χ2n) is 8.60. The molecule has 0 atom stereocenters. The van der Waals surface area contributed by atoms with Gasteiger partial charge in [-0.3, -0.25) is 4.79 Å². The van der Waals surface area contributed by atoms with Crippen LogP contribution in [0.2, 0.25) is 0 Å². The van der Waals surface area contributed by atoms with Crippen molar-refractivity contribution in [3.63, 3.8) is 0 Å². The average molecular weight is 482 g/mol. The molecule has 0 unspecified atom stereocenters. The number of aromatic amines is 1. The highest BCUT2D eigenvalue weighted by Gasteiger charge is 2.38. The standard InChI is InChI=1S/C27H22N4O5/c1-27(2)35-25(33)20(26(34)36-27)15-28-19-12-13-21-22(14-19)31-23(30-21)16-8-10-18(11-9-16)29-24(32)17-6-4-3-5-7-17/h3-15,28H,1-2H3,(H,29,32)(H,30,31). The predicted molar refractivity (Wildman–Crippen MR) is 134 cm³/mol. The van der Waals surface area contributed by atoms with Gasteiger partial charge in [0.15, 0.2) is 5.57 Å². The second-order valence-corrected chi connectivity index (χ2v) is 8.60. The number of hydrogen-bond donors (Lipinski definition) is 3. The zero-order valence-corrected chi connectivity index (χ0v) is 19.5. The van der Waals surface area contributed by atoms with Gasteiger partial charge in [-0.1, -0.05) is 18.2 Å². The fourth-order valence-corrected chi connectivity index (χ4v) is 3.67. The number of esters is 2. The maximum atomic E-state index is 12.3. The molecule has 0 spiro atoms. The Balaban J connectivity index is 1.30. The van der Waals surface area contributed by atoms with Crippen LogP contribution in [0.3, 0.4) is 0 Å². The molecule has 0 radical (unpaired) electrons. The molecular formula is C27H22N4O5. The number of carbonyl (C=O) groups is 3. The molecule has 1 amide bonds. The van der Waals surface area contributed by atoms with E-state index < -0.39 is 17.7 Å². The van der Waals surface area contributed by atoms with Gasteiger partial charge >= 0.3 is 11.9 Å². The number of cyclic esters (lactones) is 2. The van der Waals surface area contributed by atoms with E-state index >= 15 is 0 Å². The van der Waals surface area contributed by atoms with Gasteiger partial charge in [0.25, 0.3) is 11.7 Å². The highest BCUT2D eigenvalue weighted by molar-refractivity contribution is 6.15. The molecule has 3 aromatic carbocycles. The number of amides is 1. The van der Waals surface area contributed by atoms with Gasteiger partial charge in [-0.05, 0) is 54.6 Å². The molecule has 180 valence electrons. The number of nitrogens with one attached hydrogen (secondary N) is 3. The largest absolute Gasteiger partial charge is 0.419 e. The fraction of sp³-hybridized carbons (Fsp3) is 0.111. The van der Waals surface area contributed by atoms with Gasteiger partial charge in [0.1, 0.15) is 5.82 Å². The maximum absolute atomic E-state index is 12.3. The number of aromatic nitrogens is 2. The summed E-state index contributed by atoms with van der Waals surface area (Å²) in [6.07, 6.45) is 1.26. The molecule has 5 rings (SSSR count). The van der Waals surface area contributed by atoms with Crippen LogP contribution in [0.15, 0.2) is 84.6 Å². The van der Waals surface area contributed by atoms with E-state index in [-0.39, 0.29) is 11.5 Å². The van der Waals surface area contributed by atoms with Crippen LogP contribution in [0.5, 0.6) is 0 Å². The first-order valence-electron chi connectivity index (χ1n) is 11.2. The number of hydrogen-bond acceptors (Lipinski definition) is 7. The van der Waals surface area contributed by atoms with Crippen molar-refractivity contribution in [2.75, 3.05) is 10.6 Å². The Morgan fingerprint density at radius 3 is 2.28 bits per heavy atom. The molecule has 1 aliphatic heterocycles. The van der Waals surface area contributed by atoms with Crippen LogP contribution >= 0.6 is 0 Å². The molecule has 0 saturated carbocycles. The van der Waals surface area contributed by atoms with Crippen LogP contribution in [0, 0.1) is 0 Å². The number of imidazole rings is 1. The van der Waals surface area contributed by atoms with Gasteiger partial charge < -0.3 is 25.1 Å². The average Bonchev–Trinajstić information content (AvgIpc) is 3.27. The third-order valence-corrected chi connectivity index (χ3v) is 5.43. The summed E-state index contributed by atoms with van der Waals surface area (Å²) in [5.74, 6) is -2.32. The quantitative estimate of drug-likeness (QED) is 0.216. The van der Waals surface area contributed by atoms with Crippen molar-refractivity contribution in [3.8, 4) is 11.4 Å². The smallest absolute Gasteiger partial charge is 0.350 e. The summed E-state index contributed by atoms with van der Waals surface area (Å²) in [5.41, 5.74) is 4.00. The highest BCUT2D eigenvalue weighted by atomic mass is 16.7. The molecule has 1 fully saturated rings. The Bertz CT molecular complexity index is 1480. The van der Waals surface area contributed by atoms with Gasteiger partial charge in [-0.15, -0.1) is 0 Å². The Labute approximate surface area is 206 Å². The molecule has 0 bridgehead atoms. The zero-order chi connectivity index (χ0) is 25.3. The van der Waals surface area contributed by atoms with Crippen LogP contribution in [0.1, 0.15) is 24.2 Å². The van der Waals surface area contributed by atoms with Gasteiger partial charge in [-0.25, -0.2) is 14.6 Å². The van der Waals surface area contributed by atoms with Gasteiger partial charge in [0.2, 0.25) is 0 Å². The van der Waals surface area contributed by atoms with E-state index in [2.05, 4.69) is 20.6 Å². The third-order valence-electron chi connectivity index (χ3n) is 5.43. The summed E-state index contributed by atoms with van der Waals surface area (Å²) >= 11 is 0. The first kappa shape index (κ1) is 22.9. The first-order valence-corrected chi connectivity index (χ1v) is 11.2. The van der Waals surface area contributed by atoms with Crippen molar-refractivity contribution in [3.05, 3.63) is 90.1 Å². The minimum atomic E-state index is -1.29. The predicted octanol–water partition coefficient (Wildman–Crippen LogP) is 4.61. The lowest BCUT2D eigenvalue weighted by atomic mass is 10.1. The third kappa shape index (κ3) is 4.80. The molecule has 4 aromatic rings. The summed E-state index contributed by atoms with van der Waals surface area (Å²) in [4.78, 5) is 44.4. The first-order chi connectivity index (χ1) is 17.3. The zero-order valence-electron chi connectivity index (χ0n) is 19.5. The molecule has 3 N–H and O–H groups in total. The molecular weight excluding hydrogens is 460 g/mol. The summed E-state index contributed by atoms with van der Waals surface area (Å²) in [6, 6.07) is 21.7. The van der Waals surface area contributed by atoms with E-state index in [1.54, 1.807) is 24.3 Å². The Morgan fingerprint density at radius 2 is 1.58 bits per heavy atom. The minimum absolute atomic E-state index is 0.180. The normalized spacial score (nSPS) is 14.7. The Kier molecular flexibility index (Phi) is 5.73. The molecule has 0 aliphatic carbocycles. The Morgan fingerprint density at radius 1 is 0.917 bits per heavy atom. The lowest BCUT2D eigenvalue weighted by molar-refractivity contribution is -0.222. The fourth-order valence-electron chi connectivity index (χ4n) is 3.67. The topological polar surface area (TPSA) is 122 Å². The van der Waals surface area contributed by atoms with Crippen LogP contribution in [0.4, 0.5) is 11.4 Å². The van der Waals surface area contributed by atoms with Gasteiger partial charge in [0, 0.05) is 42.5 Å². The SMILES string of the molecule is CC1(C)OC(=O)C(=CNc2ccc3nc(-c4ccc(NC(=O)c5ccccc5)cc4)[nH]c3c2)C(=O)O1. The summed E-state index contributed by atoms with van der Waals surface area (Å²) in [5, 5.41) is 5.80. The van der Waals surface area contributed by atoms with Crippen molar-refractivity contribution in [1.82, 2.24) is 9.97 Å². The highest BCUT2D eigenvalue weighted by Crippen LogP contribution is 2.26. The van der Waals surface area contributed by atoms with E-state index in [0.29, 0.717) is 22.8 Å². The van der Waals surface area contributed by atoms with Crippen molar-refractivity contribution in [2.45, 2.75) is 19.6 Å². The van der Waals surface area contributed by atoms with Crippen molar-refractivity contribution < 1.29 is 23.9 Å². The Hall–Kier alpha value is -4.92. The van der Waals surface area contributed by atoms with Crippen LogP contribution < -0.4 is 10.6 Å². The number of anilines is 2. The number of rotatable bonds is 5. The van der Waals surface area contributed by atoms with E-state index in [4.69, 9.17) is 9.47 Å². The molecule has 9 heteroatoms. The minimum Gasteiger partial charge on any atom is -0.419 e.